The number of Topliss-reactive ketones (excluding diaryl/α,β-unsaturated/α-hetero) is 1. The van der Waals surface area contributed by atoms with E-state index in [1.165, 1.54) is 31.1 Å². The molecule has 0 N–H and O–H groups in total. The first-order chi connectivity index (χ1) is 16.4. The lowest BCUT2D eigenvalue weighted by atomic mass is 9.46. The first kappa shape index (κ1) is 20.5. The van der Waals surface area contributed by atoms with Gasteiger partial charge in [-0.2, -0.15) is 0 Å². The summed E-state index contributed by atoms with van der Waals surface area (Å²) in [6.45, 7) is 1.52. The van der Waals surface area contributed by atoms with E-state index in [4.69, 9.17) is 4.74 Å². The molecular weight excluding hydrogens is 430 g/mol. The van der Waals surface area contributed by atoms with Gasteiger partial charge in [-0.1, -0.05) is 48.5 Å². The van der Waals surface area contributed by atoms with Crippen molar-refractivity contribution in [3.8, 4) is 0 Å². The Morgan fingerprint density at radius 3 is 1.91 bits per heavy atom. The fourth-order valence-electron chi connectivity index (χ4n) is 6.49. The van der Waals surface area contributed by atoms with Crippen molar-refractivity contribution in [1.82, 2.24) is 0 Å². The molecule has 0 unspecified atom stereocenters. The molecule has 2 atom stereocenters. The van der Waals surface area contributed by atoms with Crippen LogP contribution in [0.25, 0.3) is 0 Å². The standard InChI is InChI=1S/C28H21NO5/c1-15(30)28-20-9-5-3-7-18(20)22(19-8-4-6-10-21(19)28)23-24(28)26(32)29(25(23)31)17-13-11-16(12-14-17)27(33)34-2/h3-14,22-24H,1-2H3/t22?,23-,24-,28?/m0/s1. The number of amides is 2. The fraction of sp³-hybridized carbons (Fsp3) is 0.214. The molecule has 3 aromatic rings. The monoisotopic (exact) mass is 451 g/mol. The number of rotatable bonds is 3. The van der Waals surface area contributed by atoms with E-state index in [0.717, 1.165) is 22.3 Å². The number of esters is 1. The maximum absolute atomic E-state index is 14.0. The Labute approximate surface area is 196 Å². The van der Waals surface area contributed by atoms with Crippen LogP contribution in [0.5, 0.6) is 0 Å². The highest BCUT2D eigenvalue weighted by atomic mass is 16.5. The molecule has 6 heteroatoms. The number of hydrogen-bond donors (Lipinski definition) is 0. The number of imide groups is 1. The van der Waals surface area contributed by atoms with Gasteiger partial charge >= 0.3 is 5.97 Å². The topological polar surface area (TPSA) is 80.8 Å². The van der Waals surface area contributed by atoms with E-state index in [1.807, 2.05) is 48.5 Å². The minimum atomic E-state index is -1.22. The first-order valence-electron chi connectivity index (χ1n) is 11.2. The molecule has 0 saturated carbocycles. The van der Waals surface area contributed by atoms with Crippen LogP contribution in [0.15, 0.2) is 72.8 Å². The summed E-state index contributed by atoms with van der Waals surface area (Å²) >= 11 is 0. The Kier molecular flexibility index (Phi) is 4.21. The molecule has 2 bridgehead atoms. The normalized spacial score (nSPS) is 26.1. The second kappa shape index (κ2) is 6.97. The molecule has 34 heavy (non-hydrogen) atoms. The van der Waals surface area contributed by atoms with Crippen molar-refractivity contribution in [3.05, 3.63) is 101 Å². The van der Waals surface area contributed by atoms with E-state index < -0.39 is 23.2 Å². The number of ketones is 1. The largest absolute Gasteiger partial charge is 0.465 e. The SMILES string of the molecule is COC(=O)c1ccc(N2C(=O)[C@@H]3[C@@H](C2=O)C2c4ccccc4C3(C(C)=O)c3ccccc32)cc1. The van der Waals surface area contributed by atoms with Crippen molar-refractivity contribution in [2.75, 3.05) is 12.0 Å². The zero-order chi connectivity index (χ0) is 23.8. The van der Waals surface area contributed by atoms with Crippen LogP contribution >= 0.6 is 0 Å². The van der Waals surface area contributed by atoms with Gasteiger partial charge < -0.3 is 4.74 Å². The van der Waals surface area contributed by atoms with E-state index in [1.54, 1.807) is 12.1 Å². The molecule has 4 aliphatic rings. The van der Waals surface area contributed by atoms with Crippen LogP contribution < -0.4 is 4.90 Å². The van der Waals surface area contributed by atoms with Crippen LogP contribution in [0.3, 0.4) is 0 Å². The highest BCUT2D eigenvalue weighted by Crippen LogP contribution is 2.64. The molecule has 3 aromatic carbocycles. The van der Waals surface area contributed by atoms with Crippen molar-refractivity contribution >= 4 is 29.3 Å². The van der Waals surface area contributed by atoms with Crippen molar-refractivity contribution in [2.24, 2.45) is 11.8 Å². The van der Waals surface area contributed by atoms with Gasteiger partial charge in [0.05, 0.1) is 35.6 Å². The molecule has 1 fully saturated rings. The third-order valence-electron chi connectivity index (χ3n) is 7.72. The summed E-state index contributed by atoms with van der Waals surface area (Å²) in [4.78, 5) is 54.5. The second-order valence-electron chi connectivity index (χ2n) is 9.07. The molecule has 3 aliphatic carbocycles. The van der Waals surface area contributed by atoms with Crippen LogP contribution in [-0.4, -0.2) is 30.7 Å². The van der Waals surface area contributed by atoms with Crippen LogP contribution in [-0.2, 0) is 24.5 Å². The Morgan fingerprint density at radius 1 is 0.824 bits per heavy atom. The van der Waals surface area contributed by atoms with Gasteiger partial charge in [0.1, 0.15) is 5.78 Å². The fourth-order valence-corrected chi connectivity index (χ4v) is 6.49. The summed E-state index contributed by atoms with van der Waals surface area (Å²) < 4.78 is 4.74. The lowest BCUT2D eigenvalue weighted by Crippen LogP contribution is -2.57. The third-order valence-corrected chi connectivity index (χ3v) is 7.72. The number of methoxy groups -OCH3 is 1. The van der Waals surface area contributed by atoms with Gasteiger partial charge in [0.25, 0.3) is 0 Å². The highest BCUT2D eigenvalue weighted by molar-refractivity contribution is 6.25. The number of ether oxygens (including phenoxy) is 1. The van der Waals surface area contributed by atoms with Crippen LogP contribution in [0.2, 0.25) is 0 Å². The molecular formula is C28H21NO5. The van der Waals surface area contributed by atoms with Crippen molar-refractivity contribution in [3.63, 3.8) is 0 Å². The van der Waals surface area contributed by atoms with Gasteiger partial charge in [0, 0.05) is 5.92 Å². The van der Waals surface area contributed by atoms with Gasteiger partial charge in [-0.25, -0.2) is 9.69 Å². The smallest absolute Gasteiger partial charge is 0.337 e. The Balaban J connectivity index is 1.57. The molecule has 2 amide bonds. The second-order valence-corrected chi connectivity index (χ2v) is 9.07. The molecule has 168 valence electrons. The Morgan fingerprint density at radius 2 is 1.38 bits per heavy atom. The van der Waals surface area contributed by atoms with E-state index in [2.05, 4.69) is 0 Å². The number of carbonyl (C=O) groups excluding carboxylic acids is 4. The summed E-state index contributed by atoms with van der Waals surface area (Å²) in [5, 5.41) is 0. The van der Waals surface area contributed by atoms with Crippen molar-refractivity contribution in [1.29, 1.82) is 0 Å². The van der Waals surface area contributed by atoms with Gasteiger partial charge in [-0.15, -0.1) is 0 Å². The van der Waals surface area contributed by atoms with E-state index in [0.29, 0.717) is 11.3 Å². The average molecular weight is 451 g/mol. The lowest BCUT2D eigenvalue weighted by Gasteiger charge is -2.52. The van der Waals surface area contributed by atoms with Gasteiger partial charge in [0.15, 0.2) is 0 Å². The summed E-state index contributed by atoms with van der Waals surface area (Å²) in [6.07, 6.45) is 0. The summed E-state index contributed by atoms with van der Waals surface area (Å²) in [5.74, 6) is -3.17. The minimum absolute atomic E-state index is 0.149. The van der Waals surface area contributed by atoms with Crippen molar-refractivity contribution in [2.45, 2.75) is 18.3 Å². The van der Waals surface area contributed by atoms with E-state index >= 15 is 0 Å². The lowest BCUT2D eigenvalue weighted by molar-refractivity contribution is -0.132. The van der Waals surface area contributed by atoms with Gasteiger partial charge in [0.2, 0.25) is 11.8 Å². The zero-order valence-corrected chi connectivity index (χ0v) is 18.6. The zero-order valence-electron chi connectivity index (χ0n) is 18.6. The summed E-state index contributed by atoms with van der Waals surface area (Å²) in [5.41, 5.74) is 2.97. The number of carbonyl (C=O) groups is 4. The summed E-state index contributed by atoms with van der Waals surface area (Å²) in [7, 11) is 1.29. The number of nitrogens with zero attached hydrogens (tertiary/aromatic N) is 1. The Bertz CT molecular complexity index is 1360. The quantitative estimate of drug-likeness (QED) is 0.449. The number of hydrogen-bond acceptors (Lipinski definition) is 5. The molecule has 1 aliphatic heterocycles. The van der Waals surface area contributed by atoms with Crippen LogP contribution in [0, 0.1) is 11.8 Å². The molecule has 0 spiro atoms. The van der Waals surface area contributed by atoms with Crippen LogP contribution in [0.1, 0.15) is 45.5 Å². The molecule has 0 aromatic heterocycles. The molecule has 0 radical (unpaired) electrons. The molecule has 7 rings (SSSR count). The van der Waals surface area contributed by atoms with Crippen LogP contribution in [0.4, 0.5) is 5.69 Å². The number of anilines is 1. The van der Waals surface area contributed by atoms with E-state index in [9.17, 15) is 19.2 Å². The predicted octanol–water partition coefficient (Wildman–Crippen LogP) is 3.61. The van der Waals surface area contributed by atoms with E-state index in [-0.39, 0.29) is 23.5 Å². The Hall–Kier alpha value is -4.06. The predicted molar refractivity (Wildman–Crippen MR) is 123 cm³/mol. The molecule has 1 saturated heterocycles. The third kappa shape index (κ3) is 2.30. The molecule has 1 heterocycles. The first-order valence-corrected chi connectivity index (χ1v) is 11.2. The van der Waals surface area contributed by atoms with Gasteiger partial charge in [-0.05, 0) is 53.4 Å². The van der Waals surface area contributed by atoms with Crippen molar-refractivity contribution < 1.29 is 23.9 Å². The summed E-state index contributed by atoms with van der Waals surface area (Å²) in [6, 6.07) is 21.6. The molecule has 6 nitrogen and oxygen atoms in total. The number of benzene rings is 3. The average Bonchev–Trinajstić information content (AvgIpc) is 3.14. The maximum Gasteiger partial charge on any atom is 0.337 e. The van der Waals surface area contributed by atoms with Gasteiger partial charge in [-0.3, -0.25) is 14.4 Å². The highest BCUT2D eigenvalue weighted by Gasteiger charge is 2.69. The minimum Gasteiger partial charge on any atom is -0.465 e. The maximum atomic E-state index is 14.0.